The van der Waals surface area contributed by atoms with Crippen molar-refractivity contribution < 1.29 is 0 Å². The number of hydrogen-bond acceptors (Lipinski definition) is 5. The lowest BCUT2D eigenvalue weighted by Gasteiger charge is -2.04. The van der Waals surface area contributed by atoms with E-state index in [1.54, 1.807) is 12.1 Å². The van der Waals surface area contributed by atoms with Crippen LogP contribution in [-0.4, -0.2) is 9.97 Å². The molecule has 0 fully saturated rings. The maximum Gasteiger partial charge on any atom is 0.162 e. The molecule has 0 aliphatic rings. The van der Waals surface area contributed by atoms with E-state index in [4.69, 9.17) is 11.0 Å². The summed E-state index contributed by atoms with van der Waals surface area (Å²) in [5, 5.41) is 8.89. The Morgan fingerprint density at radius 2 is 1.85 bits per heavy atom. The van der Waals surface area contributed by atoms with E-state index in [9.17, 15) is 0 Å². The monoisotopic (exact) mass is 278 g/mol. The molecule has 5 heteroatoms. The largest absolute Gasteiger partial charge is 0.384 e. The molecule has 2 N–H and O–H groups in total. The lowest BCUT2D eigenvalue weighted by atomic mass is 10.2. The molecule has 96 valence electrons. The van der Waals surface area contributed by atoms with Crippen molar-refractivity contribution in [2.75, 3.05) is 5.73 Å². The van der Waals surface area contributed by atoms with Crippen LogP contribution in [-0.2, 0) is 0 Å². The fourth-order valence-corrected chi connectivity index (χ4v) is 2.61. The van der Waals surface area contributed by atoms with Gasteiger partial charge in [-0.2, -0.15) is 5.26 Å². The molecule has 0 amide bonds. The summed E-state index contributed by atoms with van der Waals surface area (Å²) in [5.41, 5.74) is 7.52. The topological polar surface area (TPSA) is 75.6 Å². The van der Waals surface area contributed by atoms with E-state index in [0.29, 0.717) is 16.5 Å². The van der Waals surface area contributed by atoms with Gasteiger partial charge in [-0.25, -0.2) is 9.97 Å². The Balaban J connectivity index is 2.10. The summed E-state index contributed by atoms with van der Waals surface area (Å²) >= 11 is 1.39. The highest BCUT2D eigenvalue weighted by atomic mass is 32.1. The van der Waals surface area contributed by atoms with Gasteiger partial charge in [0.15, 0.2) is 5.82 Å². The van der Waals surface area contributed by atoms with E-state index in [2.05, 4.69) is 16.0 Å². The van der Waals surface area contributed by atoms with Crippen LogP contribution in [0.15, 0.2) is 48.5 Å². The van der Waals surface area contributed by atoms with Gasteiger partial charge < -0.3 is 5.73 Å². The Kier molecular flexibility index (Phi) is 3.15. The molecule has 0 unspecified atom stereocenters. The van der Waals surface area contributed by atoms with Crippen molar-refractivity contribution in [3.05, 3.63) is 53.4 Å². The maximum atomic E-state index is 8.89. The van der Waals surface area contributed by atoms with Crippen LogP contribution in [0.1, 0.15) is 4.88 Å². The molecule has 0 spiro atoms. The number of nitrogens with zero attached hydrogens (tertiary/aromatic N) is 3. The second-order valence-electron chi connectivity index (χ2n) is 4.14. The number of rotatable bonds is 2. The molecule has 0 bridgehead atoms. The number of nitrogen functional groups attached to an aromatic ring is 1. The zero-order chi connectivity index (χ0) is 13.9. The molecule has 0 aliphatic carbocycles. The third kappa shape index (κ3) is 2.37. The van der Waals surface area contributed by atoms with Crippen LogP contribution in [0, 0.1) is 11.3 Å². The molecule has 0 atom stereocenters. The van der Waals surface area contributed by atoms with Crippen LogP contribution >= 0.6 is 11.3 Å². The first-order valence-corrected chi connectivity index (χ1v) is 6.78. The van der Waals surface area contributed by atoms with Crippen molar-refractivity contribution in [2.24, 2.45) is 0 Å². The molecule has 0 radical (unpaired) electrons. The highest BCUT2D eigenvalue weighted by molar-refractivity contribution is 7.15. The average Bonchev–Trinajstić information content (AvgIpc) is 2.96. The lowest BCUT2D eigenvalue weighted by Crippen LogP contribution is -1.97. The van der Waals surface area contributed by atoms with Gasteiger partial charge in [0.05, 0.1) is 10.6 Å². The van der Waals surface area contributed by atoms with Gasteiger partial charge in [-0.15, -0.1) is 11.3 Å². The van der Waals surface area contributed by atoms with Crippen molar-refractivity contribution in [3.8, 4) is 28.0 Å². The van der Waals surface area contributed by atoms with Crippen molar-refractivity contribution in [1.82, 2.24) is 9.97 Å². The fraction of sp³-hybridized carbons (Fsp3) is 0. The Morgan fingerprint density at radius 1 is 1.05 bits per heavy atom. The highest BCUT2D eigenvalue weighted by Crippen LogP contribution is 2.28. The zero-order valence-electron chi connectivity index (χ0n) is 10.4. The predicted molar refractivity (Wildman–Crippen MR) is 79.9 cm³/mol. The number of nitrogens with two attached hydrogens (primary N) is 1. The van der Waals surface area contributed by atoms with Crippen molar-refractivity contribution >= 4 is 17.2 Å². The van der Waals surface area contributed by atoms with Gasteiger partial charge in [-0.1, -0.05) is 30.3 Å². The van der Waals surface area contributed by atoms with E-state index < -0.39 is 0 Å². The van der Waals surface area contributed by atoms with Crippen molar-refractivity contribution in [2.45, 2.75) is 0 Å². The van der Waals surface area contributed by atoms with Crippen LogP contribution < -0.4 is 5.73 Å². The van der Waals surface area contributed by atoms with E-state index in [0.717, 1.165) is 16.1 Å². The number of nitriles is 1. The molecule has 0 saturated heterocycles. The minimum absolute atomic E-state index is 0.417. The van der Waals surface area contributed by atoms with Gasteiger partial charge in [-0.3, -0.25) is 0 Å². The molecule has 0 saturated carbocycles. The minimum Gasteiger partial charge on any atom is -0.384 e. The summed E-state index contributed by atoms with van der Waals surface area (Å²) in [7, 11) is 0. The van der Waals surface area contributed by atoms with E-state index >= 15 is 0 Å². The molecular weight excluding hydrogens is 268 g/mol. The maximum absolute atomic E-state index is 8.89. The first-order valence-electron chi connectivity index (χ1n) is 5.96. The normalized spacial score (nSPS) is 10.2. The zero-order valence-corrected chi connectivity index (χ0v) is 11.3. The van der Waals surface area contributed by atoms with Crippen LogP contribution in [0.25, 0.3) is 22.0 Å². The van der Waals surface area contributed by atoms with Gasteiger partial charge in [0.1, 0.15) is 16.8 Å². The van der Waals surface area contributed by atoms with E-state index in [1.807, 2.05) is 36.4 Å². The third-order valence-electron chi connectivity index (χ3n) is 2.75. The first-order chi connectivity index (χ1) is 9.76. The van der Waals surface area contributed by atoms with Gasteiger partial charge in [0.2, 0.25) is 0 Å². The van der Waals surface area contributed by atoms with Crippen molar-refractivity contribution in [1.29, 1.82) is 5.26 Å². The average molecular weight is 278 g/mol. The number of thiophene rings is 1. The third-order valence-corrected chi connectivity index (χ3v) is 3.76. The molecule has 20 heavy (non-hydrogen) atoms. The van der Waals surface area contributed by atoms with E-state index in [-0.39, 0.29) is 0 Å². The Hall–Kier alpha value is -2.71. The molecule has 1 aromatic carbocycles. The van der Waals surface area contributed by atoms with Crippen LogP contribution in [0.5, 0.6) is 0 Å². The molecule has 0 aliphatic heterocycles. The quantitative estimate of drug-likeness (QED) is 0.780. The molecule has 3 aromatic rings. The molecule has 2 heterocycles. The second-order valence-corrected chi connectivity index (χ2v) is 5.23. The number of aromatic nitrogens is 2. The summed E-state index contributed by atoms with van der Waals surface area (Å²) < 4.78 is 0. The number of hydrogen-bond donors (Lipinski definition) is 1. The number of benzene rings is 1. The SMILES string of the molecule is N#Cc1ccc(-c2cc(N)nc(-c3ccccc3)n2)s1. The minimum atomic E-state index is 0.417. The van der Waals surface area contributed by atoms with Crippen LogP contribution in [0.4, 0.5) is 5.82 Å². The first kappa shape index (κ1) is 12.3. The van der Waals surface area contributed by atoms with E-state index in [1.165, 1.54) is 11.3 Å². The summed E-state index contributed by atoms with van der Waals surface area (Å²) in [5.74, 6) is 1.01. The Morgan fingerprint density at radius 3 is 2.55 bits per heavy atom. The second kappa shape index (κ2) is 5.11. The van der Waals surface area contributed by atoms with Crippen molar-refractivity contribution in [3.63, 3.8) is 0 Å². The fourth-order valence-electron chi connectivity index (χ4n) is 1.84. The lowest BCUT2D eigenvalue weighted by molar-refractivity contribution is 1.19. The summed E-state index contributed by atoms with van der Waals surface area (Å²) in [4.78, 5) is 10.4. The molecule has 4 nitrogen and oxygen atoms in total. The standard InChI is InChI=1S/C15H10N4S/c16-9-11-6-7-13(20-11)12-8-14(17)19-15(18-12)10-4-2-1-3-5-10/h1-8H,(H2,17,18,19). The van der Waals surface area contributed by atoms with Crippen LogP contribution in [0.3, 0.4) is 0 Å². The molecule has 2 aromatic heterocycles. The van der Waals surface area contributed by atoms with Gasteiger partial charge in [0.25, 0.3) is 0 Å². The summed E-state index contributed by atoms with van der Waals surface area (Å²) in [6.07, 6.45) is 0. The van der Waals surface area contributed by atoms with Crippen LogP contribution in [0.2, 0.25) is 0 Å². The summed E-state index contributed by atoms with van der Waals surface area (Å²) in [6, 6.07) is 17.2. The molecule has 3 rings (SSSR count). The van der Waals surface area contributed by atoms with Gasteiger partial charge in [0, 0.05) is 11.6 Å². The Bertz CT molecular complexity index is 787. The van der Waals surface area contributed by atoms with Gasteiger partial charge >= 0.3 is 0 Å². The summed E-state index contributed by atoms with van der Waals surface area (Å²) in [6.45, 7) is 0. The predicted octanol–water partition coefficient (Wildman–Crippen LogP) is 3.33. The molecular formula is C15H10N4S. The highest BCUT2D eigenvalue weighted by Gasteiger charge is 2.09. The Labute approximate surface area is 120 Å². The number of anilines is 1. The van der Waals surface area contributed by atoms with Gasteiger partial charge in [-0.05, 0) is 12.1 Å². The smallest absolute Gasteiger partial charge is 0.162 e.